The number of nitrogens with one attached hydrogen (secondary N) is 3. The first kappa shape index (κ1) is 35.3. The third-order valence-electron chi connectivity index (χ3n) is 5.87. The third kappa shape index (κ3) is 10.0. The van der Waals surface area contributed by atoms with Gasteiger partial charge < -0.3 is 30.2 Å². The average Bonchev–Trinajstić information content (AvgIpc) is 2.95. The Morgan fingerprint density at radius 3 is 0.929 bits per heavy atom. The SMILES string of the molecule is COC(=O)C(C)NC(=O)CCn1c(=O)n(CCC(=O)NC(C)C(=O)OC)c(=O)n(CCC(=O)NC(C)C(=O)OC)c1=O. The summed E-state index contributed by atoms with van der Waals surface area (Å²) < 4.78 is 15.3. The minimum absolute atomic E-state index is 0.455. The van der Waals surface area contributed by atoms with Gasteiger partial charge in [-0.3, -0.25) is 14.4 Å². The van der Waals surface area contributed by atoms with Gasteiger partial charge in [-0.05, 0) is 20.8 Å². The van der Waals surface area contributed by atoms with E-state index in [1.807, 2.05) is 0 Å². The lowest BCUT2D eigenvalue weighted by Crippen LogP contribution is -2.55. The van der Waals surface area contributed by atoms with Gasteiger partial charge in [-0.15, -0.1) is 0 Å². The molecule has 0 saturated heterocycles. The van der Waals surface area contributed by atoms with Gasteiger partial charge in [0.15, 0.2) is 0 Å². The molecule has 0 saturated carbocycles. The molecule has 3 unspecified atom stereocenters. The van der Waals surface area contributed by atoms with Crippen LogP contribution in [0, 0.1) is 0 Å². The van der Waals surface area contributed by atoms with E-state index in [4.69, 9.17) is 0 Å². The van der Waals surface area contributed by atoms with Gasteiger partial charge in [-0.25, -0.2) is 42.5 Å². The summed E-state index contributed by atoms with van der Waals surface area (Å²) in [6.07, 6.45) is -1.37. The fraction of sp³-hybridized carbons (Fsp3) is 0.625. The first-order valence-corrected chi connectivity index (χ1v) is 12.7. The van der Waals surface area contributed by atoms with Gasteiger partial charge in [-0.2, -0.15) is 0 Å². The standard InChI is InChI=1S/C24H36N6O12/c1-13(19(34)40-4)25-16(31)7-10-28-22(37)29(11-8-17(32)26-14(2)20(35)41-5)24(39)30(23(28)38)12-9-18(33)27-15(3)21(36)42-6/h13-15H,7-12H2,1-6H3,(H,25,31)(H,26,32)(H,27,33). The number of amides is 3. The van der Waals surface area contributed by atoms with Crippen LogP contribution in [0.3, 0.4) is 0 Å². The van der Waals surface area contributed by atoms with Gasteiger partial charge in [0.2, 0.25) is 17.7 Å². The Morgan fingerprint density at radius 1 is 0.524 bits per heavy atom. The van der Waals surface area contributed by atoms with Crippen LogP contribution in [0.15, 0.2) is 14.4 Å². The normalized spacial score (nSPS) is 12.7. The van der Waals surface area contributed by atoms with E-state index in [9.17, 15) is 43.2 Å². The molecule has 18 heteroatoms. The monoisotopic (exact) mass is 600 g/mol. The molecule has 234 valence electrons. The van der Waals surface area contributed by atoms with Crippen molar-refractivity contribution in [3.63, 3.8) is 0 Å². The maximum Gasteiger partial charge on any atom is 0.336 e. The molecular weight excluding hydrogens is 564 g/mol. The van der Waals surface area contributed by atoms with Crippen LogP contribution >= 0.6 is 0 Å². The van der Waals surface area contributed by atoms with E-state index in [0.717, 1.165) is 21.3 Å². The van der Waals surface area contributed by atoms with Crippen LogP contribution in [0.1, 0.15) is 40.0 Å². The molecule has 1 aromatic heterocycles. The van der Waals surface area contributed by atoms with Crippen LogP contribution < -0.4 is 33.0 Å². The molecule has 0 aromatic carbocycles. The van der Waals surface area contributed by atoms with Crippen molar-refractivity contribution in [2.45, 2.75) is 77.8 Å². The minimum atomic E-state index is -1.13. The topological polar surface area (TPSA) is 232 Å². The Balaban J connectivity index is 3.30. The molecule has 3 amide bonds. The molecule has 1 aromatic rings. The molecule has 3 atom stereocenters. The van der Waals surface area contributed by atoms with Gasteiger partial charge in [0.1, 0.15) is 18.1 Å². The van der Waals surface area contributed by atoms with Crippen LogP contribution in [-0.2, 0) is 62.6 Å². The number of carbonyl (C=O) groups excluding carboxylic acids is 6. The van der Waals surface area contributed by atoms with Crippen molar-refractivity contribution in [3.05, 3.63) is 31.5 Å². The number of nitrogens with zero attached hydrogens (tertiary/aromatic N) is 3. The number of hydrogen-bond donors (Lipinski definition) is 3. The van der Waals surface area contributed by atoms with Gasteiger partial charge in [0, 0.05) is 38.9 Å². The number of hydrogen-bond acceptors (Lipinski definition) is 12. The lowest BCUT2D eigenvalue weighted by atomic mass is 10.3. The Hall–Kier alpha value is -4.77. The molecule has 0 spiro atoms. The van der Waals surface area contributed by atoms with E-state index < -0.39 is 110 Å². The number of rotatable bonds is 15. The van der Waals surface area contributed by atoms with E-state index in [1.165, 1.54) is 20.8 Å². The lowest BCUT2D eigenvalue weighted by molar-refractivity contribution is -0.144. The highest BCUT2D eigenvalue weighted by atomic mass is 16.5. The van der Waals surface area contributed by atoms with Crippen LogP contribution in [0.2, 0.25) is 0 Å². The molecule has 1 rings (SSSR count). The molecule has 3 N–H and O–H groups in total. The van der Waals surface area contributed by atoms with Crippen molar-refractivity contribution < 1.29 is 43.0 Å². The second-order valence-electron chi connectivity index (χ2n) is 8.99. The number of aromatic nitrogens is 3. The van der Waals surface area contributed by atoms with Crippen molar-refractivity contribution >= 4 is 35.6 Å². The highest BCUT2D eigenvalue weighted by molar-refractivity contribution is 5.85. The molecule has 0 bridgehead atoms. The largest absolute Gasteiger partial charge is 0.467 e. The van der Waals surface area contributed by atoms with E-state index in [0.29, 0.717) is 13.7 Å². The zero-order valence-electron chi connectivity index (χ0n) is 24.2. The fourth-order valence-corrected chi connectivity index (χ4v) is 3.54. The molecule has 18 nitrogen and oxygen atoms in total. The van der Waals surface area contributed by atoms with Crippen molar-refractivity contribution in [3.8, 4) is 0 Å². The van der Waals surface area contributed by atoms with Crippen LogP contribution in [-0.4, -0.2) is 88.8 Å². The van der Waals surface area contributed by atoms with E-state index in [2.05, 4.69) is 30.2 Å². The Morgan fingerprint density at radius 2 is 0.738 bits per heavy atom. The predicted molar refractivity (Wildman–Crippen MR) is 142 cm³/mol. The Bertz CT molecular complexity index is 1170. The summed E-state index contributed by atoms with van der Waals surface area (Å²) in [4.78, 5) is 111. The van der Waals surface area contributed by atoms with E-state index in [-0.39, 0.29) is 0 Å². The summed E-state index contributed by atoms with van der Waals surface area (Å²) in [6, 6.07) is -3.04. The second-order valence-corrected chi connectivity index (χ2v) is 8.99. The number of esters is 3. The number of carbonyl (C=O) groups is 6. The summed E-state index contributed by atoms with van der Waals surface area (Å²) in [5, 5.41) is 7.01. The van der Waals surface area contributed by atoms with E-state index in [1.54, 1.807) is 0 Å². The lowest BCUT2D eigenvalue weighted by Gasteiger charge is -2.16. The zero-order valence-corrected chi connectivity index (χ0v) is 24.2. The summed E-state index contributed by atoms with van der Waals surface area (Å²) in [6.45, 7) is 2.53. The van der Waals surface area contributed by atoms with Crippen molar-refractivity contribution in [2.24, 2.45) is 0 Å². The molecule has 0 aliphatic heterocycles. The average molecular weight is 601 g/mol. The first-order chi connectivity index (χ1) is 19.7. The van der Waals surface area contributed by atoms with Gasteiger partial charge in [0.25, 0.3) is 0 Å². The molecule has 0 aliphatic rings. The van der Waals surface area contributed by atoms with Crippen molar-refractivity contribution in [1.29, 1.82) is 0 Å². The van der Waals surface area contributed by atoms with Crippen LogP contribution in [0.5, 0.6) is 0 Å². The van der Waals surface area contributed by atoms with Crippen LogP contribution in [0.25, 0.3) is 0 Å². The maximum atomic E-state index is 13.1. The number of methoxy groups -OCH3 is 3. The van der Waals surface area contributed by atoms with Gasteiger partial charge in [-0.1, -0.05) is 0 Å². The second kappa shape index (κ2) is 16.5. The van der Waals surface area contributed by atoms with Crippen molar-refractivity contribution in [2.75, 3.05) is 21.3 Å². The molecular formula is C24H36N6O12. The van der Waals surface area contributed by atoms with Gasteiger partial charge >= 0.3 is 35.0 Å². The van der Waals surface area contributed by atoms with E-state index >= 15 is 0 Å². The van der Waals surface area contributed by atoms with Crippen molar-refractivity contribution in [1.82, 2.24) is 29.7 Å². The molecule has 42 heavy (non-hydrogen) atoms. The fourth-order valence-electron chi connectivity index (χ4n) is 3.54. The highest BCUT2D eigenvalue weighted by Gasteiger charge is 2.22. The van der Waals surface area contributed by atoms with Crippen LogP contribution in [0.4, 0.5) is 0 Å². The summed E-state index contributed by atoms with van der Waals surface area (Å²) in [5.74, 6) is -4.31. The zero-order chi connectivity index (χ0) is 32.1. The Kier molecular flexibility index (Phi) is 13.8. The number of ether oxygens (including phenoxy) is 3. The molecule has 0 radical (unpaired) electrons. The molecule has 0 aliphatic carbocycles. The minimum Gasteiger partial charge on any atom is -0.467 e. The highest BCUT2D eigenvalue weighted by Crippen LogP contribution is 1.94. The maximum absolute atomic E-state index is 13.1. The summed E-state index contributed by atoms with van der Waals surface area (Å²) in [5.41, 5.74) is -3.40. The smallest absolute Gasteiger partial charge is 0.336 e. The first-order valence-electron chi connectivity index (χ1n) is 12.7. The van der Waals surface area contributed by atoms with Gasteiger partial charge in [0.05, 0.1) is 21.3 Å². The quantitative estimate of drug-likeness (QED) is 0.131. The summed E-state index contributed by atoms with van der Waals surface area (Å²) in [7, 11) is 3.38. The molecule has 1 heterocycles. The summed E-state index contributed by atoms with van der Waals surface area (Å²) >= 11 is 0. The molecule has 0 fully saturated rings. The third-order valence-corrected chi connectivity index (χ3v) is 5.87. The Labute approximate surface area is 239 Å². The predicted octanol–water partition coefficient (Wildman–Crippen LogP) is -3.62.